The second-order valence-electron chi connectivity index (χ2n) is 7.02. The number of nitrogens with zero attached hydrogens (tertiary/aromatic N) is 3. The number of rotatable bonds is 10. The highest BCUT2D eigenvalue weighted by molar-refractivity contribution is 5.98. The number of hydrogen-bond donors (Lipinski definition) is 3. The summed E-state index contributed by atoms with van der Waals surface area (Å²) in [6, 6.07) is 7.28. The quantitative estimate of drug-likeness (QED) is 0.397. The Balaban J connectivity index is 2.02. The third kappa shape index (κ3) is 5.02. The third-order valence-electron chi connectivity index (χ3n) is 4.93. The van der Waals surface area contributed by atoms with Gasteiger partial charge in [-0.05, 0) is 18.2 Å². The third-order valence-corrected chi connectivity index (χ3v) is 4.93. The number of hydrogen-bond acceptors (Lipinski definition) is 9. The Labute approximate surface area is 195 Å². The number of nitrogens with two attached hydrogens (primary N) is 1. The van der Waals surface area contributed by atoms with Gasteiger partial charge >= 0.3 is 5.97 Å². The summed E-state index contributed by atoms with van der Waals surface area (Å²) in [6.45, 7) is 0. The highest BCUT2D eigenvalue weighted by Gasteiger charge is 2.21. The van der Waals surface area contributed by atoms with E-state index in [4.69, 9.17) is 29.8 Å². The van der Waals surface area contributed by atoms with Crippen LogP contribution in [0.2, 0.25) is 0 Å². The second kappa shape index (κ2) is 10.5. The van der Waals surface area contributed by atoms with Gasteiger partial charge in [0, 0.05) is 17.7 Å². The van der Waals surface area contributed by atoms with Crippen LogP contribution in [0, 0.1) is 0 Å². The number of carbonyl (C=O) groups is 2. The average Bonchev–Trinajstić information content (AvgIpc) is 3.32. The number of aromatic nitrogens is 3. The molecule has 3 aromatic rings. The van der Waals surface area contributed by atoms with Gasteiger partial charge in [-0.2, -0.15) is 0 Å². The predicted molar refractivity (Wildman–Crippen MR) is 122 cm³/mol. The minimum atomic E-state index is -1.22. The molecular formula is C22H25N5O7. The fourth-order valence-electron chi connectivity index (χ4n) is 3.28. The van der Waals surface area contributed by atoms with Crippen molar-refractivity contribution in [1.82, 2.24) is 15.0 Å². The average molecular weight is 471 g/mol. The van der Waals surface area contributed by atoms with Gasteiger partial charge in [0.2, 0.25) is 11.7 Å². The number of carboxylic acid groups (broad SMARTS) is 1. The Hall–Kier alpha value is -4.32. The number of amides is 1. The lowest BCUT2D eigenvalue weighted by atomic mass is 10.1. The van der Waals surface area contributed by atoms with E-state index in [1.54, 1.807) is 41.2 Å². The summed E-state index contributed by atoms with van der Waals surface area (Å²) >= 11 is 0. The smallest absolute Gasteiger partial charge is 0.305 e. The van der Waals surface area contributed by atoms with E-state index in [-0.39, 0.29) is 0 Å². The lowest BCUT2D eigenvalue weighted by Crippen LogP contribution is -2.37. The number of carbonyl (C=O) groups excluding carboxylic acids is 1. The molecule has 0 bridgehead atoms. The van der Waals surface area contributed by atoms with Crippen LogP contribution in [0.3, 0.4) is 0 Å². The Morgan fingerprint density at radius 3 is 2.24 bits per heavy atom. The fourth-order valence-corrected chi connectivity index (χ4v) is 3.28. The summed E-state index contributed by atoms with van der Waals surface area (Å²) in [6.07, 6.45) is 1.04. The molecule has 0 aliphatic carbocycles. The topological polar surface area (TPSA) is 160 Å². The maximum absolute atomic E-state index is 12.4. The number of benzene rings is 2. The van der Waals surface area contributed by atoms with Crippen LogP contribution in [0.1, 0.15) is 6.42 Å². The van der Waals surface area contributed by atoms with Crippen molar-refractivity contribution < 1.29 is 33.6 Å². The van der Waals surface area contributed by atoms with Crippen molar-refractivity contribution >= 4 is 17.6 Å². The minimum absolute atomic E-state index is 0.309. The van der Waals surface area contributed by atoms with Gasteiger partial charge in [-0.25, -0.2) is 4.68 Å². The van der Waals surface area contributed by atoms with E-state index in [0.717, 1.165) is 0 Å². The Bertz CT molecular complexity index is 1170. The number of carboxylic acids is 1. The van der Waals surface area contributed by atoms with Gasteiger partial charge in [-0.15, -0.1) is 5.10 Å². The van der Waals surface area contributed by atoms with Gasteiger partial charge in [0.05, 0.1) is 64.2 Å². The van der Waals surface area contributed by atoms with Gasteiger partial charge in [-0.1, -0.05) is 5.21 Å². The van der Waals surface area contributed by atoms with Crippen LogP contribution < -0.4 is 30.0 Å². The number of anilines is 1. The van der Waals surface area contributed by atoms with Crippen LogP contribution in [0.4, 0.5) is 5.69 Å². The summed E-state index contributed by atoms with van der Waals surface area (Å²) < 4.78 is 23.1. The number of methoxy groups -OCH3 is 4. The van der Waals surface area contributed by atoms with Crippen molar-refractivity contribution in [2.75, 3.05) is 33.8 Å². The molecule has 180 valence electrons. The molecule has 0 radical (unpaired) electrons. The second-order valence-corrected chi connectivity index (χ2v) is 7.02. The van der Waals surface area contributed by atoms with Gasteiger partial charge in [0.1, 0.15) is 5.75 Å². The van der Waals surface area contributed by atoms with Gasteiger partial charge in [-0.3, -0.25) is 9.59 Å². The van der Waals surface area contributed by atoms with Crippen LogP contribution >= 0.6 is 0 Å². The monoisotopic (exact) mass is 471 g/mol. The molecule has 2 aromatic carbocycles. The molecule has 0 aliphatic rings. The molecule has 0 aliphatic heterocycles. The predicted octanol–water partition coefficient (Wildman–Crippen LogP) is 1.71. The highest BCUT2D eigenvalue weighted by atomic mass is 16.5. The molecular weight excluding hydrogens is 446 g/mol. The SMILES string of the molecule is COc1ccc(-c2cnnn2-c2cc(OC)c(OC)c(OC)c2)cc1NC(=O)C(N)CC(=O)O. The van der Waals surface area contributed by atoms with Crippen LogP contribution in [0.5, 0.6) is 23.0 Å². The van der Waals surface area contributed by atoms with Crippen LogP contribution in [-0.4, -0.2) is 66.5 Å². The Morgan fingerprint density at radius 1 is 1.03 bits per heavy atom. The van der Waals surface area contributed by atoms with E-state index < -0.39 is 24.3 Å². The number of aliphatic carboxylic acids is 1. The van der Waals surface area contributed by atoms with E-state index in [1.807, 2.05) is 0 Å². The molecule has 0 saturated heterocycles. The van der Waals surface area contributed by atoms with Crippen LogP contribution in [0.25, 0.3) is 16.9 Å². The molecule has 34 heavy (non-hydrogen) atoms. The molecule has 1 unspecified atom stereocenters. The van der Waals surface area contributed by atoms with Gasteiger partial charge < -0.3 is 35.1 Å². The molecule has 1 aromatic heterocycles. The number of ether oxygens (including phenoxy) is 4. The van der Waals surface area contributed by atoms with Crippen molar-refractivity contribution in [3.05, 3.63) is 36.5 Å². The summed E-state index contributed by atoms with van der Waals surface area (Å²) in [5.74, 6) is -0.159. The number of nitrogens with one attached hydrogen (secondary N) is 1. The van der Waals surface area contributed by atoms with Crippen molar-refractivity contribution in [1.29, 1.82) is 0 Å². The normalized spacial score (nSPS) is 11.4. The largest absolute Gasteiger partial charge is 0.495 e. The van der Waals surface area contributed by atoms with Crippen molar-refractivity contribution in [3.8, 4) is 39.9 Å². The van der Waals surface area contributed by atoms with E-state index >= 15 is 0 Å². The van der Waals surface area contributed by atoms with Crippen LogP contribution in [-0.2, 0) is 9.59 Å². The molecule has 12 nitrogen and oxygen atoms in total. The van der Waals surface area contributed by atoms with Crippen LogP contribution in [0.15, 0.2) is 36.5 Å². The van der Waals surface area contributed by atoms with E-state index in [1.165, 1.54) is 28.4 Å². The fraction of sp³-hybridized carbons (Fsp3) is 0.273. The maximum Gasteiger partial charge on any atom is 0.305 e. The van der Waals surface area contributed by atoms with Gasteiger partial charge in [0.15, 0.2) is 11.5 Å². The Morgan fingerprint density at radius 2 is 1.68 bits per heavy atom. The van der Waals surface area contributed by atoms with E-state index in [2.05, 4.69) is 15.6 Å². The zero-order valence-electron chi connectivity index (χ0n) is 19.1. The summed E-state index contributed by atoms with van der Waals surface area (Å²) in [4.78, 5) is 23.3. The van der Waals surface area contributed by atoms with Crippen molar-refractivity contribution in [2.45, 2.75) is 12.5 Å². The lowest BCUT2D eigenvalue weighted by Gasteiger charge is -2.16. The first-order valence-corrected chi connectivity index (χ1v) is 10.0. The molecule has 12 heteroatoms. The molecule has 1 amide bonds. The Kier molecular flexibility index (Phi) is 7.53. The minimum Gasteiger partial charge on any atom is -0.495 e. The maximum atomic E-state index is 12.4. The lowest BCUT2D eigenvalue weighted by molar-refractivity contribution is -0.138. The molecule has 1 heterocycles. The summed E-state index contributed by atoms with van der Waals surface area (Å²) in [5.41, 5.74) is 7.80. The summed E-state index contributed by atoms with van der Waals surface area (Å²) in [7, 11) is 5.98. The standard InChI is InChI=1S/C22H25N5O7/c1-31-17-6-5-12(7-15(17)25-22(30)14(23)10-20(28)29)16-11-24-26-27(16)13-8-18(32-2)21(34-4)19(9-13)33-3/h5-9,11,14H,10,23H2,1-4H3,(H,25,30)(H,28,29). The van der Waals surface area contributed by atoms with Crippen molar-refractivity contribution in [3.63, 3.8) is 0 Å². The molecule has 4 N–H and O–H groups in total. The highest BCUT2D eigenvalue weighted by Crippen LogP contribution is 2.40. The first-order valence-electron chi connectivity index (χ1n) is 10.0. The van der Waals surface area contributed by atoms with E-state index in [9.17, 15) is 9.59 Å². The first-order chi connectivity index (χ1) is 16.3. The zero-order valence-corrected chi connectivity index (χ0v) is 19.1. The molecule has 1 atom stereocenters. The first kappa shape index (κ1) is 24.3. The molecule has 3 rings (SSSR count). The zero-order chi connectivity index (χ0) is 24.8. The molecule has 0 spiro atoms. The van der Waals surface area contributed by atoms with Gasteiger partial charge in [0.25, 0.3) is 0 Å². The van der Waals surface area contributed by atoms with E-state index in [0.29, 0.717) is 45.6 Å². The van der Waals surface area contributed by atoms with Crippen molar-refractivity contribution in [2.24, 2.45) is 5.73 Å². The molecule has 0 saturated carbocycles. The molecule has 0 fully saturated rings. The summed E-state index contributed by atoms with van der Waals surface area (Å²) in [5, 5.41) is 19.7.